The SMILES string of the molecule is Cc1cccc2c1C1(NC(=O)NC1=O)c1ccccc1-2. The van der Waals surface area contributed by atoms with Gasteiger partial charge < -0.3 is 5.32 Å². The number of benzene rings is 2. The molecule has 1 aliphatic carbocycles. The zero-order valence-electron chi connectivity index (χ0n) is 10.9. The van der Waals surface area contributed by atoms with E-state index in [1.54, 1.807) is 0 Å². The van der Waals surface area contributed by atoms with Crippen LogP contribution in [0.3, 0.4) is 0 Å². The number of rotatable bonds is 0. The molecule has 4 rings (SSSR count). The number of hydrogen-bond donors (Lipinski definition) is 2. The molecule has 1 atom stereocenters. The standard InChI is InChI=1S/C16H12N2O2/c1-9-5-4-7-11-10-6-2-3-8-12(10)16(13(9)11)14(19)17-15(20)18-16/h2-8H,1H3,(H2,17,18,19,20). The maximum atomic E-state index is 12.5. The van der Waals surface area contributed by atoms with Gasteiger partial charge in [-0.3, -0.25) is 10.1 Å². The second-order valence-electron chi connectivity index (χ2n) is 5.20. The van der Waals surface area contributed by atoms with Crippen molar-refractivity contribution in [1.29, 1.82) is 0 Å². The van der Waals surface area contributed by atoms with E-state index in [0.717, 1.165) is 27.8 Å². The molecule has 1 fully saturated rings. The Morgan fingerprint density at radius 2 is 1.70 bits per heavy atom. The molecule has 3 amide bonds. The van der Waals surface area contributed by atoms with Crippen LogP contribution in [0.25, 0.3) is 11.1 Å². The largest absolute Gasteiger partial charge is 0.322 e. The summed E-state index contributed by atoms with van der Waals surface area (Å²) >= 11 is 0. The molecule has 2 aromatic carbocycles. The maximum absolute atomic E-state index is 12.5. The van der Waals surface area contributed by atoms with Crippen LogP contribution in [0, 0.1) is 6.92 Å². The number of amides is 3. The zero-order chi connectivity index (χ0) is 13.9. The van der Waals surface area contributed by atoms with E-state index in [1.807, 2.05) is 49.4 Å². The van der Waals surface area contributed by atoms with E-state index in [-0.39, 0.29) is 5.91 Å². The van der Waals surface area contributed by atoms with Gasteiger partial charge in [0.2, 0.25) is 0 Å². The van der Waals surface area contributed by atoms with Gasteiger partial charge in [-0.2, -0.15) is 0 Å². The Morgan fingerprint density at radius 1 is 0.950 bits per heavy atom. The predicted octanol–water partition coefficient (Wildman–Crippen LogP) is 2.06. The smallest absolute Gasteiger partial charge is 0.316 e. The van der Waals surface area contributed by atoms with Crippen molar-refractivity contribution in [3.05, 3.63) is 59.2 Å². The van der Waals surface area contributed by atoms with Gasteiger partial charge in [0.15, 0.2) is 5.54 Å². The number of fused-ring (bicyclic) bond motifs is 5. The molecule has 2 aliphatic rings. The van der Waals surface area contributed by atoms with E-state index in [1.165, 1.54) is 0 Å². The van der Waals surface area contributed by atoms with Crippen molar-refractivity contribution in [2.45, 2.75) is 12.5 Å². The van der Waals surface area contributed by atoms with Crippen LogP contribution >= 0.6 is 0 Å². The summed E-state index contributed by atoms with van der Waals surface area (Å²) in [6.07, 6.45) is 0. The van der Waals surface area contributed by atoms with Crippen LogP contribution in [0.2, 0.25) is 0 Å². The highest BCUT2D eigenvalue weighted by Crippen LogP contribution is 2.49. The van der Waals surface area contributed by atoms with Crippen molar-refractivity contribution in [3.63, 3.8) is 0 Å². The molecular formula is C16H12N2O2. The summed E-state index contributed by atoms with van der Waals surface area (Å²) < 4.78 is 0. The Bertz CT molecular complexity index is 782. The van der Waals surface area contributed by atoms with E-state index in [0.29, 0.717) is 0 Å². The molecule has 2 aromatic rings. The van der Waals surface area contributed by atoms with Crippen molar-refractivity contribution in [3.8, 4) is 11.1 Å². The average molecular weight is 264 g/mol. The van der Waals surface area contributed by atoms with Crippen molar-refractivity contribution >= 4 is 11.9 Å². The topological polar surface area (TPSA) is 58.2 Å². The first-order valence-corrected chi connectivity index (χ1v) is 6.48. The molecule has 1 unspecified atom stereocenters. The highest BCUT2D eigenvalue weighted by molar-refractivity contribution is 6.13. The lowest BCUT2D eigenvalue weighted by molar-refractivity contribution is -0.122. The fourth-order valence-electron chi connectivity index (χ4n) is 3.39. The van der Waals surface area contributed by atoms with Gasteiger partial charge in [0.25, 0.3) is 5.91 Å². The fraction of sp³-hybridized carbons (Fsp3) is 0.125. The molecule has 0 bridgehead atoms. The molecule has 2 N–H and O–H groups in total. The quantitative estimate of drug-likeness (QED) is 0.715. The number of carbonyl (C=O) groups is 2. The molecule has 1 spiro atoms. The zero-order valence-corrected chi connectivity index (χ0v) is 10.9. The van der Waals surface area contributed by atoms with Crippen LogP contribution in [0.4, 0.5) is 4.79 Å². The first-order chi connectivity index (χ1) is 9.64. The van der Waals surface area contributed by atoms with Gasteiger partial charge in [0.1, 0.15) is 0 Å². The molecular weight excluding hydrogens is 252 g/mol. The number of urea groups is 1. The average Bonchev–Trinajstić information content (AvgIpc) is 2.89. The normalized spacial score (nSPS) is 22.4. The minimum atomic E-state index is -1.08. The maximum Gasteiger partial charge on any atom is 0.322 e. The second kappa shape index (κ2) is 3.48. The Hall–Kier alpha value is -2.62. The summed E-state index contributed by atoms with van der Waals surface area (Å²) in [5, 5.41) is 5.20. The fourth-order valence-corrected chi connectivity index (χ4v) is 3.39. The Kier molecular flexibility index (Phi) is 1.95. The van der Waals surface area contributed by atoms with Crippen LogP contribution in [0.15, 0.2) is 42.5 Å². The van der Waals surface area contributed by atoms with Gasteiger partial charge in [-0.25, -0.2) is 4.79 Å². The van der Waals surface area contributed by atoms with Gasteiger partial charge in [-0.05, 0) is 29.2 Å². The molecule has 98 valence electrons. The summed E-state index contributed by atoms with van der Waals surface area (Å²) in [7, 11) is 0. The molecule has 1 aliphatic heterocycles. The summed E-state index contributed by atoms with van der Waals surface area (Å²) in [5.74, 6) is -0.303. The van der Waals surface area contributed by atoms with E-state index >= 15 is 0 Å². The monoisotopic (exact) mass is 264 g/mol. The summed E-state index contributed by atoms with van der Waals surface area (Å²) in [4.78, 5) is 24.2. The molecule has 0 radical (unpaired) electrons. The third-order valence-corrected chi connectivity index (χ3v) is 4.14. The van der Waals surface area contributed by atoms with Gasteiger partial charge in [-0.1, -0.05) is 42.5 Å². The predicted molar refractivity (Wildman–Crippen MR) is 74.1 cm³/mol. The molecule has 20 heavy (non-hydrogen) atoms. The molecule has 4 heteroatoms. The van der Waals surface area contributed by atoms with Crippen molar-refractivity contribution < 1.29 is 9.59 Å². The van der Waals surface area contributed by atoms with Crippen molar-refractivity contribution in [2.24, 2.45) is 0 Å². The van der Waals surface area contributed by atoms with Crippen LogP contribution in [-0.4, -0.2) is 11.9 Å². The van der Waals surface area contributed by atoms with E-state index in [4.69, 9.17) is 0 Å². The van der Waals surface area contributed by atoms with Crippen molar-refractivity contribution in [2.75, 3.05) is 0 Å². The van der Waals surface area contributed by atoms with Crippen LogP contribution < -0.4 is 10.6 Å². The van der Waals surface area contributed by atoms with Gasteiger partial charge in [-0.15, -0.1) is 0 Å². The third kappa shape index (κ3) is 1.12. The van der Waals surface area contributed by atoms with E-state index < -0.39 is 11.6 Å². The van der Waals surface area contributed by atoms with Crippen LogP contribution in [0.1, 0.15) is 16.7 Å². The Labute approximate surface area is 115 Å². The Morgan fingerprint density at radius 3 is 2.45 bits per heavy atom. The first-order valence-electron chi connectivity index (χ1n) is 6.48. The molecule has 1 heterocycles. The van der Waals surface area contributed by atoms with E-state index in [2.05, 4.69) is 10.6 Å². The van der Waals surface area contributed by atoms with Gasteiger partial charge in [0.05, 0.1) is 0 Å². The lowest BCUT2D eigenvalue weighted by Crippen LogP contribution is -2.43. The lowest BCUT2D eigenvalue weighted by Gasteiger charge is -2.24. The molecule has 4 nitrogen and oxygen atoms in total. The number of carbonyl (C=O) groups excluding carboxylic acids is 2. The summed E-state index contributed by atoms with van der Waals surface area (Å²) in [6.45, 7) is 1.96. The van der Waals surface area contributed by atoms with Crippen LogP contribution in [0.5, 0.6) is 0 Å². The number of imide groups is 1. The summed E-state index contributed by atoms with van der Waals surface area (Å²) in [5.41, 5.74) is 3.66. The number of nitrogens with one attached hydrogen (secondary N) is 2. The third-order valence-electron chi connectivity index (χ3n) is 4.14. The molecule has 0 aromatic heterocycles. The van der Waals surface area contributed by atoms with E-state index in [9.17, 15) is 9.59 Å². The van der Waals surface area contributed by atoms with Gasteiger partial charge >= 0.3 is 6.03 Å². The number of hydrogen-bond acceptors (Lipinski definition) is 2. The summed E-state index contributed by atoms with van der Waals surface area (Å²) in [6, 6.07) is 13.2. The minimum Gasteiger partial charge on any atom is -0.316 e. The van der Waals surface area contributed by atoms with Crippen molar-refractivity contribution in [1.82, 2.24) is 10.6 Å². The van der Waals surface area contributed by atoms with Gasteiger partial charge in [0, 0.05) is 5.56 Å². The lowest BCUT2D eigenvalue weighted by atomic mass is 9.85. The first kappa shape index (κ1) is 11.2. The Balaban J connectivity index is 2.16. The molecule has 0 saturated carbocycles. The number of aryl methyl sites for hydroxylation is 1. The second-order valence-corrected chi connectivity index (χ2v) is 5.20. The van der Waals surface area contributed by atoms with Crippen LogP contribution in [-0.2, 0) is 10.3 Å². The molecule has 1 saturated heterocycles. The minimum absolute atomic E-state index is 0.303. The highest BCUT2D eigenvalue weighted by atomic mass is 16.2. The highest BCUT2D eigenvalue weighted by Gasteiger charge is 2.55.